The zero-order valence-corrected chi connectivity index (χ0v) is 15.9. The van der Waals surface area contributed by atoms with Crippen molar-refractivity contribution in [2.24, 2.45) is 0 Å². The zero-order valence-electron chi connectivity index (χ0n) is 13.5. The van der Waals surface area contributed by atoms with E-state index in [4.69, 9.17) is 21.1 Å². The summed E-state index contributed by atoms with van der Waals surface area (Å²) in [4.78, 5) is 0. The first kappa shape index (κ1) is 18.1. The fourth-order valence-electron chi connectivity index (χ4n) is 2.04. The summed E-state index contributed by atoms with van der Waals surface area (Å²) in [6.45, 7) is 5.47. The summed E-state index contributed by atoms with van der Waals surface area (Å²) in [7, 11) is 1.65. The minimum absolute atomic E-state index is 0.425. The van der Waals surface area contributed by atoms with Gasteiger partial charge in [-0.3, -0.25) is 0 Å². The largest absolute Gasteiger partial charge is 0.493 e. The van der Waals surface area contributed by atoms with E-state index >= 15 is 0 Å². The van der Waals surface area contributed by atoms with Crippen LogP contribution in [0.4, 0.5) is 0 Å². The van der Waals surface area contributed by atoms with Gasteiger partial charge in [0.15, 0.2) is 11.5 Å². The van der Waals surface area contributed by atoms with Crippen molar-refractivity contribution in [3.05, 3.63) is 57.0 Å². The van der Waals surface area contributed by atoms with Crippen molar-refractivity contribution in [1.29, 1.82) is 0 Å². The average Bonchev–Trinajstić information content (AvgIpc) is 2.53. The molecule has 0 bridgehead atoms. The number of nitrogens with one attached hydrogen (secondary N) is 1. The van der Waals surface area contributed by atoms with Crippen LogP contribution in [0.15, 0.2) is 40.9 Å². The lowest BCUT2D eigenvalue weighted by Gasteiger charge is -2.15. The highest BCUT2D eigenvalue weighted by Crippen LogP contribution is 2.34. The highest BCUT2D eigenvalue weighted by atomic mass is 79.9. The minimum Gasteiger partial charge on any atom is -0.493 e. The molecule has 0 aliphatic rings. The van der Waals surface area contributed by atoms with Crippen LogP contribution in [-0.4, -0.2) is 13.2 Å². The quantitative estimate of drug-likeness (QED) is 0.696. The van der Waals surface area contributed by atoms with Gasteiger partial charge in [0.05, 0.1) is 7.11 Å². The lowest BCUT2D eigenvalue weighted by atomic mass is 10.2. The lowest BCUT2D eigenvalue weighted by Crippen LogP contribution is -2.22. The SMILES string of the molecule is COc1cc(CNC(C)C)c(Br)cc1OCc1ccc(Cl)cc1. The number of benzene rings is 2. The molecule has 0 aliphatic heterocycles. The Morgan fingerprint density at radius 1 is 1.13 bits per heavy atom. The zero-order chi connectivity index (χ0) is 16.8. The highest BCUT2D eigenvalue weighted by Gasteiger charge is 2.11. The molecule has 1 N–H and O–H groups in total. The van der Waals surface area contributed by atoms with Crippen LogP contribution in [0.2, 0.25) is 5.02 Å². The molecule has 0 unspecified atom stereocenters. The molecule has 2 aromatic rings. The van der Waals surface area contributed by atoms with Gasteiger partial charge in [-0.1, -0.05) is 53.5 Å². The van der Waals surface area contributed by atoms with Gasteiger partial charge in [0, 0.05) is 22.1 Å². The first-order valence-electron chi connectivity index (χ1n) is 7.46. The highest BCUT2D eigenvalue weighted by molar-refractivity contribution is 9.10. The van der Waals surface area contributed by atoms with E-state index in [1.54, 1.807) is 7.11 Å². The van der Waals surface area contributed by atoms with Crippen LogP contribution < -0.4 is 14.8 Å². The summed E-state index contributed by atoms with van der Waals surface area (Å²) in [5.41, 5.74) is 2.19. The van der Waals surface area contributed by atoms with Crippen LogP contribution in [0.25, 0.3) is 0 Å². The Balaban J connectivity index is 2.11. The third-order valence-electron chi connectivity index (χ3n) is 3.34. The van der Waals surface area contributed by atoms with Crippen LogP contribution in [-0.2, 0) is 13.2 Å². The summed E-state index contributed by atoms with van der Waals surface area (Å²) in [6.07, 6.45) is 0. The number of hydrogen-bond acceptors (Lipinski definition) is 3. The van der Waals surface area contributed by atoms with Gasteiger partial charge < -0.3 is 14.8 Å². The molecule has 3 nitrogen and oxygen atoms in total. The number of methoxy groups -OCH3 is 1. The molecule has 2 rings (SSSR count). The van der Waals surface area contributed by atoms with Gasteiger partial charge in [-0.2, -0.15) is 0 Å². The molecule has 23 heavy (non-hydrogen) atoms. The molecule has 0 atom stereocenters. The molecule has 0 amide bonds. The maximum atomic E-state index is 5.90. The predicted molar refractivity (Wildman–Crippen MR) is 98.5 cm³/mol. The first-order chi connectivity index (χ1) is 11.0. The molecule has 0 spiro atoms. The van der Waals surface area contributed by atoms with E-state index in [2.05, 4.69) is 35.1 Å². The number of hydrogen-bond donors (Lipinski definition) is 1. The Labute approximate surface area is 151 Å². The maximum Gasteiger partial charge on any atom is 0.162 e. The molecule has 124 valence electrons. The Hall–Kier alpha value is -1.23. The Kier molecular flexibility index (Phi) is 6.75. The van der Waals surface area contributed by atoms with Gasteiger partial charge in [0.2, 0.25) is 0 Å². The fraction of sp³-hybridized carbons (Fsp3) is 0.333. The van der Waals surface area contributed by atoms with Gasteiger partial charge in [-0.05, 0) is 35.4 Å². The predicted octanol–water partition coefficient (Wildman–Crippen LogP) is 5.19. The summed E-state index contributed by atoms with van der Waals surface area (Å²) < 4.78 is 12.4. The fourth-order valence-corrected chi connectivity index (χ4v) is 2.63. The van der Waals surface area contributed by atoms with Crippen LogP contribution in [0, 0.1) is 0 Å². The van der Waals surface area contributed by atoms with Crippen LogP contribution >= 0.6 is 27.5 Å². The van der Waals surface area contributed by atoms with Crippen molar-refractivity contribution >= 4 is 27.5 Å². The second-order valence-corrected chi connectivity index (χ2v) is 6.84. The van der Waals surface area contributed by atoms with Crippen molar-refractivity contribution in [3.8, 4) is 11.5 Å². The third kappa shape index (κ3) is 5.41. The van der Waals surface area contributed by atoms with Crippen LogP contribution in [0.3, 0.4) is 0 Å². The molecule has 0 saturated heterocycles. The van der Waals surface area contributed by atoms with E-state index in [1.807, 2.05) is 36.4 Å². The smallest absolute Gasteiger partial charge is 0.162 e. The molecular formula is C18H21BrClNO2. The van der Waals surface area contributed by atoms with E-state index in [1.165, 1.54) is 0 Å². The van der Waals surface area contributed by atoms with Crippen LogP contribution in [0.1, 0.15) is 25.0 Å². The van der Waals surface area contributed by atoms with Crippen molar-refractivity contribution in [2.45, 2.75) is 33.0 Å². The van der Waals surface area contributed by atoms with E-state index in [-0.39, 0.29) is 0 Å². The Morgan fingerprint density at radius 3 is 2.43 bits per heavy atom. The van der Waals surface area contributed by atoms with Gasteiger partial charge in [-0.15, -0.1) is 0 Å². The van der Waals surface area contributed by atoms with E-state index in [9.17, 15) is 0 Å². The second-order valence-electron chi connectivity index (χ2n) is 5.55. The maximum absolute atomic E-state index is 5.90. The lowest BCUT2D eigenvalue weighted by molar-refractivity contribution is 0.284. The minimum atomic E-state index is 0.425. The van der Waals surface area contributed by atoms with Crippen molar-refractivity contribution in [2.75, 3.05) is 7.11 Å². The van der Waals surface area contributed by atoms with E-state index in [0.717, 1.165) is 32.9 Å². The number of halogens is 2. The molecule has 0 saturated carbocycles. The average molecular weight is 399 g/mol. The van der Waals surface area contributed by atoms with Crippen LogP contribution in [0.5, 0.6) is 11.5 Å². The monoisotopic (exact) mass is 397 g/mol. The van der Waals surface area contributed by atoms with Gasteiger partial charge >= 0.3 is 0 Å². The topological polar surface area (TPSA) is 30.5 Å². The standard InChI is InChI=1S/C18H21BrClNO2/c1-12(2)21-10-14-8-17(22-3)18(9-16(14)19)23-11-13-4-6-15(20)7-5-13/h4-9,12,21H,10-11H2,1-3H3. The molecule has 0 aliphatic carbocycles. The second kappa shape index (κ2) is 8.57. The third-order valence-corrected chi connectivity index (χ3v) is 4.33. The number of ether oxygens (including phenoxy) is 2. The normalized spacial score (nSPS) is 10.9. The number of rotatable bonds is 7. The molecule has 0 fully saturated rings. The van der Waals surface area contributed by atoms with Crippen molar-refractivity contribution in [3.63, 3.8) is 0 Å². The molecule has 2 aromatic carbocycles. The van der Waals surface area contributed by atoms with Gasteiger partial charge in [0.1, 0.15) is 6.61 Å². The Morgan fingerprint density at radius 2 is 1.83 bits per heavy atom. The van der Waals surface area contributed by atoms with E-state index < -0.39 is 0 Å². The van der Waals surface area contributed by atoms with Gasteiger partial charge in [0.25, 0.3) is 0 Å². The molecule has 0 heterocycles. The molecular weight excluding hydrogens is 378 g/mol. The summed E-state index contributed by atoms with van der Waals surface area (Å²) >= 11 is 9.50. The summed E-state index contributed by atoms with van der Waals surface area (Å²) in [5.74, 6) is 1.44. The summed E-state index contributed by atoms with van der Waals surface area (Å²) in [6, 6.07) is 12.0. The Bertz CT molecular complexity index is 644. The van der Waals surface area contributed by atoms with Crippen molar-refractivity contribution < 1.29 is 9.47 Å². The molecule has 0 radical (unpaired) electrons. The van der Waals surface area contributed by atoms with Crippen molar-refractivity contribution in [1.82, 2.24) is 5.32 Å². The van der Waals surface area contributed by atoms with Gasteiger partial charge in [-0.25, -0.2) is 0 Å². The first-order valence-corrected chi connectivity index (χ1v) is 8.63. The molecule has 0 aromatic heterocycles. The molecule has 5 heteroatoms. The summed E-state index contributed by atoms with van der Waals surface area (Å²) in [5, 5.41) is 4.12. The van der Waals surface area contributed by atoms with E-state index in [0.29, 0.717) is 18.4 Å².